The Kier molecular flexibility index (Phi) is 2.59. The number of anilines is 1. The van der Waals surface area contributed by atoms with E-state index in [4.69, 9.17) is 17.3 Å². The molecule has 1 aromatic carbocycles. The molecule has 1 aliphatic heterocycles. The maximum absolute atomic E-state index is 11.5. The highest BCUT2D eigenvalue weighted by Gasteiger charge is 2.35. The molecule has 2 rings (SSSR count). The average Bonchev–Trinajstić information content (AvgIpc) is 2.55. The molecule has 0 fully saturated rings. The predicted octanol–water partition coefficient (Wildman–Crippen LogP) is 1.10. The molecular weight excluding hydrogens is 228 g/mol. The Balaban J connectivity index is 2.49. The van der Waals surface area contributed by atoms with Crippen molar-refractivity contribution in [2.24, 2.45) is 5.73 Å². The molecule has 1 atom stereocenters. The number of amides is 2. The van der Waals surface area contributed by atoms with Crippen LogP contribution in [0, 0.1) is 0 Å². The lowest BCUT2D eigenvalue weighted by molar-refractivity contribution is -0.123. The van der Waals surface area contributed by atoms with Crippen LogP contribution >= 0.6 is 11.6 Å². The van der Waals surface area contributed by atoms with Crippen LogP contribution in [0.5, 0.6) is 0 Å². The van der Waals surface area contributed by atoms with Gasteiger partial charge in [-0.3, -0.25) is 14.5 Å². The van der Waals surface area contributed by atoms with Gasteiger partial charge in [-0.25, -0.2) is 0 Å². The summed E-state index contributed by atoms with van der Waals surface area (Å²) < 4.78 is 0. The highest BCUT2D eigenvalue weighted by atomic mass is 35.5. The van der Waals surface area contributed by atoms with E-state index in [-0.39, 0.29) is 5.91 Å². The number of nitrogens with zero attached hydrogens (tertiary/aromatic N) is 1. The molecule has 0 aliphatic carbocycles. The van der Waals surface area contributed by atoms with E-state index in [2.05, 4.69) is 0 Å². The average molecular weight is 239 g/mol. The van der Waals surface area contributed by atoms with Gasteiger partial charge < -0.3 is 5.73 Å². The quantitative estimate of drug-likeness (QED) is 0.797. The first-order valence-corrected chi connectivity index (χ1v) is 5.26. The van der Waals surface area contributed by atoms with Crippen molar-refractivity contribution in [1.82, 2.24) is 0 Å². The fraction of sp³-hybridized carbons (Fsp3) is 0.273. The molecule has 0 saturated carbocycles. The van der Waals surface area contributed by atoms with Crippen LogP contribution in [0.2, 0.25) is 5.02 Å². The monoisotopic (exact) mass is 238 g/mol. The van der Waals surface area contributed by atoms with Gasteiger partial charge in [0.15, 0.2) is 0 Å². The van der Waals surface area contributed by atoms with Crippen LogP contribution in [-0.4, -0.2) is 17.9 Å². The topological polar surface area (TPSA) is 63.4 Å². The van der Waals surface area contributed by atoms with E-state index in [0.717, 1.165) is 11.3 Å². The number of halogens is 1. The zero-order valence-electron chi connectivity index (χ0n) is 8.74. The van der Waals surface area contributed by atoms with Gasteiger partial charge in [-0.15, -0.1) is 0 Å². The number of hydrogen-bond acceptors (Lipinski definition) is 2. The minimum Gasteiger partial charge on any atom is -0.368 e. The molecule has 4 nitrogen and oxygen atoms in total. The third kappa shape index (κ3) is 1.65. The smallest absolute Gasteiger partial charge is 0.240 e. The molecule has 2 amide bonds. The second-order valence-corrected chi connectivity index (χ2v) is 4.22. The maximum atomic E-state index is 11.5. The van der Waals surface area contributed by atoms with Crippen molar-refractivity contribution in [3.63, 3.8) is 0 Å². The first-order valence-electron chi connectivity index (χ1n) is 4.88. The summed E-state index contributed by atoms with van der Waals surface area (Å²) in [5.74, 6) is -0.688. The Morgan fingerprint density at radius 2 is 2.19 bits per heavy atom. The Labute approximate surface area is 98.0 Å². The second kappa shape index (κ2) is 3.79. The van der Waals surface area contributed by atoms with Crippen molar-refractivity contribution < 1.29 is 9.59 Å². The highest BCUT2D eigenvalue weighted by molar-refractivity contribution is 6.30. The molecule has 84 valence electrons. The normalized spacial score (nSPS) is 18.4. The van der Waals surface area contributed by atoms with Crippen molar-refractivity contribution in [3.8, 4) is 0 Å². The molecule has 1 unspecified atom stereocenters. The van der Waals surface area contributed by atoms with Crippen molar-refractivity contribution in [3.05, 3.63) is 28.8 Å². The second-order valence-electron chi connectivity index (χ2n) is 3.78. The summed E-state index contributed by atoms with van der Waals surface area (Å²) in [6.07, 6.45) is 0.435. The fourth-order valence-corrected chi connectivity index (χ4v) is 2.23. The summed E-state index contributed by atoms with van der Waals surface area (Å²) in [5.41, 5.74) is 6.88. The van der Waals surface area contributed by atoms with Gasteiger partial charge in [0, 0.05) is 24.1 Å². The molecule has 0 saturated heterocycles. The summed E-state index contributed by atoms with van der Waals surface area (Å²) in [5, 5.41) is 0.590. The molecule has 16 heavy (non-hydrogen) atoms. The van der Waals surface area contributed by atoms with Crippen molar-refractivity contribution >= 4 is 29.1 Å². The van der Waals surface area contributed by atoms with Crippen LogP contribution in [-0.2, 0) is 16.0 Å². The lowest BCUT2D eigenvalue weighted by atomic mass is 10.1. The maximum Gasteiger partial charge on any atom is 0.240 e. The standard InChI is InChI=1S/C11H11ClN2O2/c1-6(15)14-9-3-2-8(12)4-7(9)5-10(14)11(13)16/h2-4,10H,5H2,1H3,(H2,13,16). The van der Waals surface area contributed by atoms with Crippen molar-refractivity contribution in [2.75, 3.05) is 4.90 Å². The summed E-state index contributed by atoms with van der Waals surface area (Å²) in [6, 6.07) is 4.60. The van der Waals surface area contributed by atoms with E-state index in [1.807, 2.05) is 0 Å². The lowest BCUT2D eigenvalue weighted by Crippen LogP contribution is -2.45. The molecule has 0 bridgehead atoms. The van der Waals surface area contributed by atoms with Crippen LogP contribution < -0.4 is 10.6 Å². The molecule has 2 N–H and O–H groups in total. The van der Waals surface area contributed by atoms with Crippen LogP contribution in [0.25, 0.3) is 0 Å². The van der Waals surface area contributed by atoms with E-state index in [1.165, 1.54) is 11.8 Å². The molecule has 0 spiro atoms. The predicted molar refractivity (Wildman–Crippen MR) is 61.3 cm³/mol. The van der Waals surface area contributed by atoms with E-state index in [0.29, 0.717) is 11.4 Å². The first kappa shape index (κ1) is 11.0. The van der Waals surface area contributed by atoms with Crippen LogP contribution in [0.3, 0.4) is 0 Å². The largest absolute Gasteiger partial charge is 0.368 e. The van der Waals surface area contributed by atoms with Gasteiger partial charge in [-0.05, 0) is 23.8 Å². The molecule has 5 heteroatoms. The van der Waals surface area contributed by atoms with E-state index in [1.54, 1.807) is 18.2 Å². The number of primary amides is 1. The van der Waals surface area contributed by atoms with Gasteiger partial charge in [0.05, 0.1) is 0 Å². The number of rotatable bonds is 1. The van der Waals surface area contributed by atoms with Crippen molar-refractivity contribution in [1.29, 1.82) is 0 Å². The highest BCUT2D eigenvalue weighted by Crippen LogP contribution is 2.33. The Morgan fingerprint density at radius 1 is 1.50 bits per heavy atom. The zero-order chi connectivity index (χ0) is 11.9. The fourth-order valence-electron chi connectivity index (χ4n) is 2.04. The molecule has 1 heterocycles. The lowest BCUT2D eigenvalue weighted by Gasteiger charge is -2.21. The third-order valence-electron chi connectivity index (χ3n) is 2.69. The van der Waals surface area contributed by atoms with Crippen LogP contribution in [0.15, 0.2) is 18.2 Å². The summed E-state index contributed by atoms with van der Waals surface area (Å²) in [7, 11) is 0. The Morgan fingerprint density at radius 3 is 2.75 bits per heavy atom. The first-order chi connectivity index (χ1) is 7.50. The number of carbonyl (C=O) groups excluding carboxylic acids is 2. The van der Waals surface area contributed by atoms with Gasteiger partial charge in [-0.2, -0.15) is 0 Å². The molecule has 0 radical (unpaired) electrons. The van der Waals surface area contributed by atoms with E-state index in [9.17, 15) is 9.59 Å². The number of fused-ring (bicyclic) bond motifs is 1. The summed E-state index contributed by atoms with van der Waals surface area (Å²) in [4.78, 5) is 24.2. The van der Waals surface area contributed by atoms with Crippen LogP contribution in [0.4, 0.5) is 5.69 Å². The van der Waals surface area contributed by atoms with Gasteiger partial charge in [0.25, 0.3) is 0 Å². The van der Waals surface area contributed by atoms with Crippen LogP contribution in [0.1, 0.15) is 12.5 Å². The van der Waals surface area contributed by atoms with Gasteiger partial charge >= 0.3 is 0 Å². The number of carbonyl (C=O) groups is 2. The van der Waals surface area contributed by atoms with E-state index < -0.39 is 11.9 Å². The molecule has 1 aromatic rings. The van der Waals surface area contributed by atoms with Crippen molar-refractivity contribution in [2.45, 2.75) is 19.4 Å². The SMILES string of the molecule is CC(=O)N1c2ccc(Cl)cc2CC1C(N)=O. The minimum atomic E-state index is -0.592. The Bertz CT molecular complexity index is 473. The Hall–Kier alpha value is -1.55. The molecule has 0 aromatic heterocycles. The molecular formula is C11H11ClN2O2. The van der Waals surface area contributed by atoms with Gasteiger partial charge in [0.2, 0.25) is 11.8 Å². The zero-order valence-corrected chi connectivity index (χ0v) is 9.49. The number of nitrogens with two attached hydrogens (primary N) is 1. The van der Waals surface area contributed by atoms with E-state index >= 15 is 0 Å². The summed E-state index contributed by atoms with van der Waals surface area (Å²) in [6.45, 7) is 1.42. The molecule has 1 aliphatic rings. The number of benzene rings is 1. The minimum absolute atomic E-state index is 0.190. The summed E-state index contributed by atoms with van der Waals surface area (Å²) >= 11 is 5.86. The van der Waals surface area contributed by atoms with Gasteiger partial charge in [0.1, 0.15) is 6.04 Å². The number of hydrogen-bond donors (Lipinski definition) is 1. The third-order valence-corrected chi connectivity index (χ3v) is 2.93. The van der Waals surface area contributed by atoms with Gasteiger partial charge in [-0.1, -0.05) is 11.6 Å².